The molecule has 0 aliphatic carbocycles. The summed E-state index contributed by atoms with van der Waals surface area (Å²) in [6, 6.07) is 18.4. The second-order valence-electron chi connectivity index (χ2n) is 4.37. The Balaban J connectivity index is 0.00000200. The lowest BCUT2D eigenvalue weighted by atomic mass is 10.0. The van der Waals surface area contributed by atoms with Crippen molar-refractivity contribution in [2.24, 2.45) is 0 Å². The molecule has 0 aromatic heterocycles. The van der Waals surface area contributed by atoms with Crippen molar-refractivity contribution >= 4 is 0 Å². The van der Waals surface area contributed by atoms with E-state index in [4.69, 9.17) is 4.74 Å². The monoisotopic (exact) mass is 270 g/mol. The minimum atomic E-state index is -0.912. The maximum absolute atomic E-state index is 9.36. The summed E-state index contributed by atoms with van der Waals surface area (Å²) in [6.07, 6.45) is 1.33. The lowest BCUT2D eigenvalue weighted by Gasteiger charge is -2.12. The second kappa shape index (κ2) is 8.31. The van der Waals surface area contributed by atoms with E-state index in [1.165, 1.54) is 17.2 Å². The van der Waals surface area contributed by atoms with E-state index < -0.39 is 6.29 Å². The zero-order chi connectivity index (χ0) is 13.5. The molecule has 1 N–H and O–H groups in total. The van der Waals surface area contributed by atoms with E-state index in [0.717, 1.165) is 12.0 Å². The summed E-state index contributed by atoms with van der Waals surface area (Å²) in [5, 5.41) is 9.36. The van der Waals surface area contributed by atoms with Crippen LogP contribution in [0, 0.1) is 0 Å². The van der Waals surface area contributed by atoms with Crippen molar-refractivity contribution in [1.29, 1.82) is 0 Å². The summed E-state index contributed by atoms with van der Waals surface area (Å²) < 4.78 is 5.29. The van der Waals surface area contributed by atoms with Crippen LogP contribution in [-0.2, 0) is 17.8 Å². The van der Waals surface area contributed by atoms with Gasteiger partial charge in [-0.05, 0) is 29.2 Å². The largest absolute Gasteiger partial charge is 0.365 e. The Morgan fingerprint density at radius 3 is 2.25 bits per heavy atom. The van der Waals surface area contributed by atoms with Gasteiger partial charge in [0, 0.05) is 0 Å². The lowest BCUT2D eigenvalue weighted by molar-refractivity contribution is -0.0732. The van der Waals surface area contributed by atoms with Gasteiger partial charge in [-0.3, -0.25) is 0 Å². The molecule has 2 aromatic rings. The van der Waals surface area contributed by atoms with Gasteiger partial charge in [0.05, 0.1) is 6.61 Å². The Labute approximate surface area is 121 Å². The Morgan fingerprint density at radius 1 is 1.00 bits per heavy atom. The van der Waals surface area contributed by atoms with Gasteiger partial charge in [0.1, 0.15) is 0 Å². The maximum Gasteiger partial charge on any atom is 0.174 e. The van der Waals surface area contributed by atoms with Gasteiger partial charge >= 0.3 is 0 Å². The fourth-order valence-electron chi connectivity index (χ4n) is 1.93. The summed E-state index contributed by atoms with van der Waals surface area (Å²) in [7, 11) is 0. The second-order valence-corrected chi connectivity index (χ2v) is 4.37. The van der Waals surface area contributed by atoms with Crippen molar-refractivity contribution in [2.75, 3.05) is 0 Å². The molecule has 1 unspecified atom stereocenters. The van der Waals surface area contributed by atoms with E-state index in [2.05, 4.69) is 24.8 Å². The molecule has 0 spiro atoms. The molecule has 0 aliphatic heterocycles. The fourth-order valence-corrected chi connectivity index (χ4v) is 1.93. The van der Waals surface area contributed by atoms with E-state index in [1.807, 2.05) is 36.4 Å². The highest BCUT2D eigenvalue weighted by atomic mass is 16.6. The third kappa shape index (κ3) is 4.65. The van der Waals surface area contributed by atoms with Gasteiger partial charge in [-0.15, -0.1) is 0 Å². The van der Waals surface area contributed by atoms with Gasteiger partial charge in [-0.2, -0.15) is 0 Å². The zero-order valence-electron chi connectivity index (χ0n) is 10.8. The molecular formula is C18H22O2. The molecule has 0 aliphatic rings. The fraction of sp³-hybridized carbons (Fsp3) is 0.222. The molecule has 0 bridgehead atoms. The minimum absolute atomic E-state index is 0. The van der Waals surface area contributed by atoms with Crippen LogP contribution in [0.4, 0.5) is 0 Å². The Hall–Kier alpha value is -1.90. The highest BCUT2D eigenvalue weighted by Crippen LogP contribution is 2.15. The molecule has 2 heteroatoms. The quantitative estimate of drug-likeness (QED) is 0.636. The standard InChI is InChI=1S/C17H18O2.CH4/c1-2-17(18)19-13-16-11-7-6-10-15(16)12-14-8-4-3-5-9-14;/h2-11,17-18H,1,12-13H2;1H4. The summed E-state index contributed by atoms with van der Waals surface area (Å²) in [5.41, 5.74) is 3.57. The van der Waals surface area contributed by atoms with Crippen LogP contribution in [-0.4, -0.2) is 11.4 Å². The number of benzene rings is 2. The van der Waals surface area contributed by atoms with Crippen LogP contribution in [0.3, 0.4) is 0 Å². The third-order valence-electron chi connectivity index (χ3n) is 2.97. The van der Waals surface area contributed by atoms with Crippen LogP contribution in [0.2, 0.25) is 0 Å². The Bertz CT molecular complexity index is 520. The van der Waals surface area contributed by atoms with Crippen LogP contribution in [0.15, 0.2) is 67.3 Å². The molecule has 1 atom stereocenters. The zero-order valence-corrected chi connectivity index (χ0v) is 10.8. The van der Waals surface area contributed by atoms with Crippen LogP contribution < -0.4 is 0 Å². The highest BCUT2D eigenvalue weighted by Gasteiger charge is 2.05. The molecule has 0 heterocycles. The maximum atomic E-state index is 9.36. The molecule has 0 radical (unpaired) electrons. The smallest absolute Gasteiger partial charge is 0.174 e. The number of ether oxygens (including phenoxy) is 1. The van der Waals surface area contributed by atoms with Gasteiger partial charge < -0.3 is 9.84 Å². The van der Waals surface area contributed by atoms with E-state index in [9.17, 15) is 5.11 Å². The number of hydrogen-bond donors (Lipinski definition) is 1. The van der Waals surface area contributed by atoms with Gasteiger partial charge in [-0.25, -0.2) is 0 Å². The van der Waals surface area contributed by atoms with Crippen molar-refractivity contribution in [3.8, 4) is 0 Å². The summed E-state index contributed by atoms with van der Waals surface area (Å²) in [4.78, 5) is 0. The van der Waals surface area contributed by atoms with Crippen LogP contribution in [0.5, 0.6) is 0 Å². The van der Waals surface area contributed by atoms with E-state index in [1.54, 1.807) is 0 Å². The molecular weight excluding hydrogens is 248 g/mol. The Kier molecular flexibility index (Phi) is 6.71. The van der Waals surface area contributed by atoms with Crippen LogP contribution >= 0.6 is 0 Å². The molecule has 20 heavy (non-hydrogen) atoms. The minimum Gasteiger partial charge on any atom is -0.365 e. The van der Waals surface area contributed by atoms with Gasteiger partial charge in [-0.1, -0.05) is 68.6 Å². The SMILES string of the molecule is C.C=CC(O)OCc1ccccc1Cc1ccccc1. The first-order valence-electron chi connectivity index (χ1n) is 6.32. The molecule has 106 valence electrons. The number of aliphatic hydroxyl groups is 1. The van der Waals surface area contributed by atoms with Crippen molar-refractivity contribution in [1.82, 2.24) is 0 Å². The molecule has 2 nitrogen and oxygen atoms in total. The number of hydrogen-bond acceptors (Lipinski definition) is 2. The first kappa shape index (κ1) is 16.2. The van der Waals surface area contributed by atoms with E-state index in [0.29, 0.717) is 6.61 Å². The van der Waals surface area contributed by atoms with Crippen LogP contribution in [0.25, 0.3) is 0 Å². The normalized spacial score (nSPS) is 11.4. The van der Waals surface area contributed by atoms with Crippen LogP contribution in [0.1, 0.15) is 24.1 Å². The summed E-state index contributed by atoms with van der Waals surface area (Å²) in [6.45, 7) is 3.87. The summed E-state index contributed by atoms with van der Waals surface area (Å²) >= 11 is 0. The molecule has 2 aromatic carbocycles. The van der Waals surface area contributed by atoms with E-state index >= 15 is 0 Å². The lowest BCUT2D eigenvalue weighted by Crippen LogP contribution is -2.08. The van der Waals surface area contributed by atoms with Gasteiger partial charge in [0.25, 0.3) is 0 Å². The van der Waals surface area contributed by atoms with Crippen molar-refractivity contribution in [3.63, 3.8) is 0 Å². The van der Waals surface area contributed by atoms with Gasteiger partial charge in [0.2, 0.25) is 0 Å². The third-order valence-corrected chi connectivity index (χ3v) is 2.97. The van der Waals surface area contributed by atoms with Crippen molar-refractivity contribution in [3.05, 3.63) is 83.9 Å². The van der Waals surface area contributed by atoms with Gasteiger partial charge in [0.15, 0.2) is 6.29 Å². The molecule has 0 amide bonds. The average Bonchev–Trinajstić information content (AvgIpc) is 2.47. The predicted molar refractivity (Wildman–Crippen MR) is 83.4 cm³/mol. The summed E-state index contributed by atoms with van der Waals surface area (Å²) in [5.74, 6) is 0. The average molecular weight is 270 g/mol. The molecule has 0 saturated heterocycles. The number of rotatable bonds is 6. The topological polar surface area (TPSA) is 29.5 Å². The number of aliphatic hydroxyl groups excluding tert-OH is 1. The molecule has 0 saturated carbocycles. The predicted octanol–water partition coefficient (Wildman–Crippen LogP) is 3.93. The van der Waals surface area contributed by atoms with E-state index in [-0.39, 0.29) is 7.43 Å². The first-order chi connectivity index (χ1) is 9.29. The highest BCUT2D eigenvalue weighted by molar-refractivity contribution is 5.32. The molecule has 2 rings (SSSR count). The van der Waals surface area contributed by atoms with Crippen molar-refractivity contribution < 1.29 is 9.84 Å². The van der Waals surface area contributed by atoms with Crippen molar-refractivity contribution in [2.45, 2.75) is 26.7 Å². The molecule has 0 fully saturated rings. The Morgan fingerprint density at radius 2 is 1.60 bits per heavy atom. The first-order valence-corrected chi connectivity index (χ1v) is 6.32.